The van der Waals surface area contributed by atoms with Crippen molar-refractivity contribution in [2.45, 2.75) is 19.3 Å². The number of allylic oxidation sites excluding steroid dienone is 6. The normalized spacial score (nSPS) is 17.9. The predicted octanol–water partition coefficient (Wildman–Crippen LogP) is 6.25. The SMILES string of the molecule is [NH-]CCC1=C/C(=C\c2cccc3ccccc23)C2=C1CCC=C2.[Re]. The summed E-state index contributed by atoms with van der Waals surface area (Å²) in [5, 5.41) is 2.58. The molecule has 1 radical (unpaired) electrons. The van der Waals surface area contributed by atoms with Crippen LogP contribution in [0.2, 0.25) is 0 Å². The number of nitrogens with one attached hydrogen (secondary N) is 1. The molecule has 0 spiro atoms. The molecule has 2 aliphatic rings. The first-order valence-corrected chi connectivity index (χ1v) is 8.32. The van der Waals surface area contributed by atoms with Crippen molar-refractivity contribution in [3.05, 3.63) is 94.3 Å². The molecule has 0 saturated carbocycles. The van der Waals surface area contributed by atoms with Crippen molar-refractivity contribution in [2.24, 2.45) is 0 Å². The molecule has 24 heavy (non-hydrogen) atoms. The average Bonchev–Trinajstić information content (AvgIpc) is 2.94. The van der Waals surface area contributed by atoms with Gasteiger partial charge in [-0.15, -0.1) is 6.54 Å². The van der Waals surface area contributed by atoms with E-state index in [2.05, 4.69) is 66.8 Å². The molecule has 2 aromatic rings. The Balaban J connectivity index is 0.00000169. The molecular formula is C22H20NRe-. The number of rotatable bonds is 3. The first-order valence-electron chi connectivity index (χ1n) is 8.32. The molecule has 0 amide bonds. The standard InChI is InChI=1S/C22H20N.Re/c23-13-12-18-15-19(22-11-4-3-10-21(18)22)14-17-8-5-7-16-6-1-2-9-20(16)17;/h1-2,4-9,11,14-15,23H,3,10,12-13H2;/q-1;/b19-14+;. The number of benzene rings is 2. The van der Waals surface area contributed by atoms with Gasteiger partial charge in [-0.25, -0.2) is 0 Å². The van der Waals surface area contributed by atoms with E-state index in [4.69, 9.17) is 5.73 Å². The Morgan fingerprint density at radius 2 is 1.88 bits per heavy atom. The van der Waals surface area contributed by atoms with Gasteiger partial charge in [-0.1, -0.05) is 60.7 Å². The number of hydrogen-bond acceptors (Lipinski definition) is 0. The van der Waals surface area contributed by atoms with E-state index in [9.17, 15) is 0 Å². The van der Waals surface area contributed by atoms with Crippen LogP contribution in [-0.2, 0) is 20.4 Å². The van der Waals surface area contributed by atoms with Gasteiger partial charge in [0.2, 0.25) is 0 Å². The van der Waals surface area contributed by atoms with E-state index in [-0.39, 0.29) is 20.4 Å². The van der Waals surface area contributed by atoms with Crippen molar-refractivity contribution >= 4 is 16.8 Å². The van der Waals surface area contributed by atoms with E-state index < -0.39 is 0 Å². The third-order valence-electron chi connectivity index (χ3n) is 4.73. The molecule has 2 heteroatoms. The van der Waals surface area contributed by atoms with Crippen molar-refractivity contribution < 1.29 is 20.4 Å². The maximum absolute atomic E-state index is 7.57. The molecule has 1 nitrogen and oxygen atoms in total. The smallest absolute Gasteiger partial charge is 0 e. The van der Waals surface area contributed by atoms with Crippen LogP contribution in [0.1, 0.15) is 24.8 Å². The Kier molecular flexibility index (Phi) is 5.31. The van der Waals surface area contributed by atoms with Gasteiger partial charge in [-0.05, 0) is 64.0 Å². The van der Waals surface area contributed by atoms with E-state index in [0.29, 0.717) is 6.54 Å². The molecule has 0 aromatic heterocycles. The molecule has 0 bridgehead atoms. The van der Waals surface area contributed by atoms with Gasteiger partial charge in [0.15, 0.2) is 0 Å². The molecule has 4 rings (SSSR count). The monoisotopic (exact) mass is 485 g/mol. The topological polar surface area (TPSA) is 23.8 Å². The molecule has 2 aromatic carbocycles. The van der Waals surface area contributed by atoms with E-state index in [1.54, 1.807) is 0 Å². The van der Waals surface area contributed by atoms with Gasteiger partial charge in [0.25, 0.3) is 0 Å². The van der Waals surface area contributed by atoms with Crippen molar-refractivity contribution in [2.75, 3.05) is 6.54 Å². The van der Waals surface area contributed by atoms with Gasteiger partial charge in [-0.2, -0.15) is 0 Å². The third-order valence-corrected chi connectivity index (χ3v) is 4.73. The molecule has 1 N–H and O–H groups in total. The van der Waals surface area contributed by atoms with E-state index in [1.165, 1.54) is 38.6 Å². The number of hydrogen-bond donors (Lipinski definition) is 0. The molecule has 0 aliphatic heterocycles. The van der Waals surface area contributed by atoms with Crippen LogP contribution in [0.25, 0.3) is 22.6 Å². The first kappa shape index (κ1) is 17.1. The molecule has 121 valence electrons. The summed E-state index contributed by atoms with van der Waals surface area (Å²) in [7, 11) is 0. The molecule has 2 aliphatic carbocycles. The summed E-state index contributed by atoms with van der Waals surface area (Å²) in [5.74, 6) is 0. The second kappa shape index (κ2) is 7.45. The second-order valence-electron chi connectivity index (χ2n) is 6.17. The summed E-state index contributed by atoms with van der Waals surface area (Å²) in [5.41, 5.74) is 14.3. The van der Waals surface area contributed by atoms with Crippen molar-refractivity contribution in [3.8, 4) is 0 Å². The Bertz CT molecular complexity index is 878. The summed E-state index contributed by atoms with van der Waals surface area (Å²) in [4.78, 5) is 0. The summed E-state index contributed by atoms with van der Waals surface area (Å²) in [6.07, 6.45) is 12.2. The van der Waals surface area contributed by atoms with E-state index in [0.717, 1.165) is 19.3 Å². The van der Waals surface area contributed by atoms with E-state index in [1.807, 2.05) is 0 Å². The maximum Gasteiger partial charge on any atom is 0 e. The first-order chi connectivity index (χ1) is 11.4. The summed E-state index contributed by atoms with van der Waals surface area (Å²) >= 11 is 0. The Morgan fingerprint density at radius 3 is 2.75 bits per heavy atom. The summed E-state index contributed by atoms with van der Waals surface area (Å²) in [6, 6.07) is 15.0. The fourth-order valence-corrected chi connectivity index (χ4v) is 3.64. The van der Waals surface area contributed by atoms with Gasteiger partial charge in [0.05, 0.1) is 0 Å². The van der Waals surface area contributed by atoms with Crippen molar-refractivity contribution in [1.29, 1.82) is 0 Å². The molecular weight excluding hydrogens is 464 g/mol. The zero-order chi connectivity index (χ0) is 15.6. The summed E-state index contributed by atoms with van der Waals surface area (Å²) in [6.45, 7) is 0.466. The second-order valence-corrected chi connectivity index (χ2v) is 6.17. The van der Waals surface area contributed by atoms with Gasteiger partial charge < -0.3 is 5.73 Å². The van der Waals surface area contributed by atoms with Crippen LogP contribution in [0.15, 0.2) is 83.0 Å². The van der Waals surface area contributed by atoms with Crippen LogP contribution in [0, 0.1) is 0 Å². The fraction of sp³-hybridized carbons (Fsp3) is 0.182. The quantitative estimate of drug-likeness (QED) is 0.492. The van der Waals surface area contributed by atoms with Gasteiger partial charge >= 0.3 is 0 Å². The minimum atomic E-state index is 0. The predicted molar refractivity (Wildman–Crippen MR) is 99.2 cm³/mol. The Labute approximate surface area is 157 Å². The molecule has 0 saturated heterocycles. The van der Waals surface area contributed by atoms with Gasteiger partial charge in [-0.3, -0.25) is 0 Å². The van der Waals surface area contributed by atoms with E-state index >= 15 is 0 Å². The zero-order valence-corrected chi connectivity index (χ0v) is 16.3. The zero-order valence-electron chi connectivity index (χ0n) is 13.6. The maximum atomic E-state index is 7.57. The third kappa shape index (κ3) is 3.10. The Hall–Kier alpha value is -1.72. The molecule has 0 atom stereocenters. The fourth-order valence-electron chi connectivity index (χ4n) is 3.64. The van der Waals surface area contributed by atoms with Gasteiger partial charge in [0, 0.05) is 20.4 Å². The molecule has 0 fully saturated rings. The van der Waals surface area contributed by atoms with Crippen LogP contribution < -0.4 is 0 Å². The minimum Gasteiger partial charge on any atom is -0.677 e. The molecule has 0 unspecified atom stereocenters. The Morgan fingerprint density at radius 1 is 1.04 bits per heavy atom. The van der Waals surface area contributed by atoms with Crippen molar-refractivity contribution in [3.63, 3.8) is 0 Å². The van der Waals surface area contributed by atoms with Crippen LogP contribution >= 0.6 is 0 Å². The van der Waals surface area contributed by atoms with Crippen LogP contribution in [0.4, 0.5) is 0 Å². The van der Waals surface area contributed by atoms with Crippen molar-refractivity contribution in [1.82, 2.24) is 0 Å². The van der Waals surface area contributed by atoms with Crippen LogP contribution in [-0.4, -0.2) is 6.54 Å². The average molecular weight is 485 g/mol. The number of fused-ring (bicyclic) bond motifs is 1. The largest absolute Gasteiger partial charge is 0.677 e. The molecule has 0 heterocycles. The van der Waals surface area contributed by atoms with Gasteiger partial charge in [0.1, 0.15) is 0 Å². The van der Waals surface area contributed by atoms with Crippen LogP contribution in [0.5, 0.6) is 0 Å². The van der Waals surface area contributed by atoms with Crippen LogP contribution in [0.3, 0.4) is 0 Å². The minimum absolute atomic E-state index is 0. The summed E-state index contributed by atoms with van der Waals surface area (Å²) < 4.78 is 0.